The van der Waals surface area contributed by atoms with Crippen molar-refractivity contribution in [1.82, 2.24) is 19.4 Å². The third-order valence-corrected chi connectivity index (χ3v) is 6.79. The van der Waals surface area contributed by atoms with Gasteiger partial charge >= 0.3 is 0 Å². The number of nitrogens with zero attached hydrogens (tertiary/aromatic N) is 5. The van der Waals surface area contributed by atoms with E-state index in [9.17, 15) is 18.4 Å². The van der Waals surface area contributed by atoms with E-state index < -0.39 is 11.6 Å². The van der Waals surface area contributed by atoms with Gasteiger partial charge in [0.05, 0.1) is 5.69 Å². The summed E-state index contributed by atoms with van der Waals surface area (Å²) in [5, 5.41) is 0. The summed E-state index contributed by atoms with van der Waals surface area (Å²) in [4.78, 5) is 35.6. The van der Waals surface area contributed by atoms with E-state index in [4.69, 9.17) is 0 Å². The summed E-state index contributed by atoms with van der Waals surface area (Å²) in [7, 11) is 0. The maximum Gasteiger partial charge on any atom is 0.224 e. The molecule has 2 amide bonds. The Morgan fingerprint density at radius 1 is 1.00 bits per heavy atom. The Hall–Kier alpha value is -3.59. The van der Waals surface area contributed by atoms with Gasteiger partial charge < -0.3 is 14.4 Å². The lowest BCUT2D eigenvalue weighted by Gasteiger charge is -2.28. The first-order valence-corrected chi connectivity index (χ1v) is 12.6. The molecule has 1 aliphatic rings. The molecule has 7 nitrogen and oxygen atoms in total. The number of aromatic nitrogens is 2. The van der Waals surface area contributed by atoms with Gasteiger partial charge in [0.25, 0.3) is 0 Å². The van der Waals surface area contributed by atoms with Gasteiger partial charge in [-0.15, -0.1) is 0 Å². The predicted octanol–water partition coefficient (Wildman–Crippen LogP) is 4.15. The highest BCUT2D eigenvalue weighted by atomic mass is 19.2. The maximum absolute atomic E-state index is 14.3. The van der Waals surface area contributed by atoms with Crippen LogP contribution in [0, 0.1) is 18.6 Å². The molecule has 2 aromatic carbocycles. The number of aryl methyl sites for hydroxylation is 2. The fourth-order valence-electron chi connectivity index (χ4n) is 4.74. The van der Waals surface area contributed by atoms with Crippen LogP contribution in [-0.2, 0) is 29.2 Å². The molecule has 0 saturated carbocycles. The van der Waals surface area contributed by atoms with Crippen LogP contribution in [0.25, 0.3) is 0 Å². The fourth-order valence-corrected chi connectivity index (χ4v) is 4.74. The molecule has 1 aromatic heterocycles. The van der Waals surface area contributed by atoms with Gasteiger partial charge in [-0.05, 0) is 30.5 Å². The van der Waals surface area contributed by atoms with E-state index >= 15 is 0 Å². The van der Waals surface area contributed by atoms with Crippen LogP contribution in [0.4, 0.5) is 14.5 Å². The first-order chi connectivity index (χ1) is 17.8. The average molecular weight is 510 g/mol. The van der Waals surface area contributed by atoms with Gasteiger partial charge in [-0.3, -0.25) is 14.5 Å². The van der Waals surface area contributed by atoms with Crippen molar-refractivity contribution in [2.24, 2.45) is 0 Å². The van der Waals surface area contributed by atoms with Crippen molar-refractivity contribution in [3.05, 3.63) is 83.4 Å². The number of hydrogen-bond acceptors (Lipinski definition) is 4. The summed E-state index contributed by atoms with van der Waals surface area (Å²) >= 11 is 0. The third kappa shape index (κ3) is 6.80. The second-order valence-electron chi connectivity index (χ2n) is 9.41. The summed E-state index contributed by atoms with van der Waals surface area (Å²) in [6, 6.07) is 12.3. The van der Waals surface area contributed by atoms with Crippen molar-refractivity contribution in [2.45, 2.75) is 46.3 Å². The van der Waals surface area contributed by atoms with Crippen molar-refractivity contribution in [1.29, 1.82) is 0 Å². The molecule has 0 fully saturated rings. The second kappa shape index (κ2) is 12.1. The number of rotatable bonds is 5. The molecule has 0 unspecified atom stereocenters. The number of fused-ring (bicyclic) bond motifs is 1. The lowest BCUT2D eigenvalue weighted by atomic mass is 10.1. The maximum atomic E-state index is 14.3. The quantitative estimate of drug-likeness (QED) is 0.519. The predicted molar refractivity (Wildman–Crippen MR) is 138 cm³/mol. The number of imidazole rings is 1. The molecule has 4 rings (SSSR count). The largest absolute Gasteiger partial charge is 0.337 e. The van der Waals surface area contributed by atoms with Crippen molar-refractivity contribution >= 4 is 17.5 Å². The average Bonchev–Trinajstić information content (AvgIpc) is 3.28. The smallest absolute Gasteiger partial charge is 0.224 e. The number of halogens is 2. The van der Waals surface area contributed by atoms with Gasteiger partial charge in [0.1, 0.15) is 5.82 Å². The molecule has 0 aliphatic carbocycles. The number of amides is 2. The fraction of sp³-hybridized carbons (Fsp3) is 0.393. The van der Waals surface area contributed by atoms with Crippen molar-refractivity contribution in [3.63, 3.8) is 0 Å². The van der Waals surface area contributed by atoms with E-state index in [-0.39, 0.29) is 24.8 Å². The highest BCUT2D eigenvalue weighted by molar-refractivity contribution is 5.92. The highest BCUT2D eigenvalue weighted by Crippen LogP contribution is 2.27. The Kier molecular flexibility index (Phi) is 8.66. The van der Waals surface area contributed by atoms with Gasteiger partial charge in [0.15, 0.2) is 11.6 Å². The Balaban J connectivity index is 1.63. The zero-order valence-corrected chi connectivity index (χ0v) is 21.4. The first-order valence-electron chi connectivity index (χ1n) is 12.6. The molecule has 1 aliphatic heterocycles. The SMILES string of the molecule is CC(=O)N1CCCN(Cc2ccccc2)CCN(C(=O)CCn2ccnc2C)Cc2cc(F)c(F)cc21. The molecule has 0 spiro atoms. The van der Waals surface area contributed by atoms with E-state index in [2.05, 4.69) is 22.0 Å². The van der Waals surface area contributed by atoms with E-state index in [1.54, 1.807) is 11.1 Å². The first kappa shape index (κ1) is 26.5. The summed E-state index contributed by atoms with van der Waals surface area (Å²) in [5.74, 6) is -1.55. The lowest BCUT2D eigenvalue weighted by Crippen LogP contribution is -2.38. The van der Waals surface area contributed by atoms with E-state index in [0.717, 1.165) is 23.5 Å². The summed E-state index contributed by atoms with van der Waals surface area (Å²) in [6.45, 7) is 6.65. The topological polar surface area (TPSA) is 61.7 Å². The second-order valence-corrected chi connectivity index (χ2v) is 9.41. The molecule has 0 atom stereocenters. The zero-order chi connectivity index (χ0) is 26.4. The van der Waals surface area contributed by atoms with Crippen LogP contribution in [0.2, 0.25) is 0 Å². The molecule has 3 aromatic rings. The van der Waals surface area contributed by atoms with Crippen molar-refractivity contribution < 1.29 is 18.4 Å². The standard InChI is InChI=1S/C28H33F2N5O2/c1-21-31-10-14-33(21)13-9-28(37)34-16-15-32(19-23-7-4-3-5-8-23)11-6-12-35(22(2)36)27-18-26(30)25(29)17-24(27)20-34/h3-5,7-8,10,14,17-18H,6,9,11-13,15-16,19-20H2,1-2H3. The molecule has 0 N–H and O–H groups in total. The Labute approximate surface area is 216 Å². The van der Waals surface area contributed by atoms with E-state index in [1.165, 1.54) is 11.8 Å². The van der Waals surface area contributed by atoms with Crippen LogP contribution in [-0.4, -0.2) is 57.3 Å². The number of anilines is 1. The minimum atomic E-state index is -1.01. The van der Waals surface area contributed by atoms with Gasteiger partial charge in [-0.2, -0.15) is 0 Å². The third-order valence-electron chi connectivity index (χ3n) is 6.79. The molecule has 0 bridgehead atoms. The van der Waals surface area contributed by atoms with Gasteiger partial charge in [0.2, 0.25) is 11.8 Å². The van der Waals surface area contributed by atoms with Crippen molar-refractivity contribution in [3.8, 4) is 0 Å². The number of carbonyl (C=O) groups excluding carboxylic acids is 2. The van der Waals surface area contributed by atoms with Crippen LogP contribution < -0.4 is 4.90 Å². The molecule has 196 valence electrons. The Bertz CT molecular complexity index is 1230. The Morgan fingerprint density at radius 2 is 1.76 bits per heavy atom. The lowest BCUT2D eigenvalue weighted by molar-refractivity contribution is -0.132. The van der Waals surface area contributed by atoms with Crippen LogP contribution >= 0.6 is 0 Å². The number of benzene rings is 2. The van der Waals surface area contributed by atoms with Gasteiger partial charge in [-0.1, -0.05) is 30.3 Å². The normalized spacial score (nSPS) is 15.2. The number of carbonyl (C=O) groups is 2. The molecular weight excluding hydrogens is 476 g/mol. The minimum Gasteiger partial charge on any atom is -0.337 e. The monoisotopic (exact) mass is 509 g/mol. The van der Waals surface area contributed by atoms with Crippen LogP contribution in [0.15, 0.2) is 54.9 Å². The van der Waals surface area contributed by atoms with Gasteiger partial charge in [-0.25, -0.2) is 13.8 Å². The molecular formula is C28H33F2N5O2. The molecule has 2 heterocycles. The van der Waals surface area contributed by atoms with E-state index in [0.29, 0.717) is 56.9 Å². The highest BCUT2D eigenvalue weighted by Gasteiger charge is 2.24. The summed E-state index contributed by atoms with van der Waals surface area (Å²) < 4.78 is 30.6. The Morgan fingerprint density at radius 3 is 2.46 bits per heavy atom. The summed E-state index contributed by atoms with van der Waals surface area (Å²) in [5.41, 5.74) is 1.88. The minimum absolute atomic E-state index is 0.0806. The zero-order valence-electron chi connectivity index (χ0n) is 21.4. The van der Waals surface area contributed by atoms with E-state index in [1.807, 2.05) is 35.9 Å². The van der Waals surface area contributed by atoms with Crippen LogP contribution in [0.3, 0.4) is 0 Å². The van der Waals surface area contributed by atoms with Crippen molar-refractivity contribution in [2.75, 3.05) is 31.1 Å². The van der Waals surface area contributed by atoms with Gasteiger partial charge in [0, 0.05) is 77.6 Å². The molecule has 0 radical (unpaired) electrons. The molecule has 37 heavy (non-hydrogen) atoms. The summed E-state index contributed by atoms with van der Waals surface area (Å²) in [6.07, 6.45) is 4.41. The molecule has 9 heteroatoms. The molecule has 0 saturated heterocycles. The number of hydrogen-bond donors (Lipinski definition) is 0. The van der Waals surface area contributed by atoms with Crippen LogP contribution in [0.5, 0.6) is 0 Å². The van der Waals surface area contributed by atoms with Crippen LogP contribution in [0.1, 0.15) is 36.7 Å².